The summed E-state index contributed by atoms with van der Waals surface area (Å²) in [5.41, 5.74) is -0.649. The van der Waals surface area contributed by atoms with Crippen molar-refractivity contribution in [3.63, 3.8) is 0 Å². The molecule has 0 radical (unpaired) electrons. The summed E-state index contributed by atoms with van der Waals surface area (Å²) in [6, 6.07) is -0.806. The van der Waals surface area contributed by atoms with Crippen LogP contribution in [-0.2, 0) is 19.0 Å². The molecule has 7 heteroatoms. The Kier molecular flexibility index (Phi) is 5.40. The molecule has 0 aromatic heterocycles. The second-order valence-corrected chi connectivity index (χ2v) is 7.94. The molecule has 24 heavy (non-hydrogen) atoms. The van der Waals surface area contributed by atoms with Gasteiger partial charge in [0.05, 0.1) is 6.61 Å². The SMILES string of the molecule is CC(C)COC(=O)OC(=O)[C@@H]1[C@H]2CC[C@H](C2)N1C(=O)OC(C)(C)C. The Morgan fingerprint density at radius 1 is 1.17 bits per heavy atom. The highest BCUT2D eigenvalue weighted by atomic mass is 16.7. The first kappa shape index (κ1) is 18.5. The molecule has 136 valence electrons. The van der Waals surface area contributed by atoms with E-state index in [4.69, 9.17) is 14.2 Å². The lowest BCUT2D eigenvalue weighted by Gasteiger charge is -2.34. The molecule has 1 saturated carbocycles. The number of piperidine rings is 1. The van der Waals surface area contributed by atoms with Gasteiger partial charge in [-0.2, -0.15) is 0 Å². The lowest BCUT2D eigenvalue weighted by Crippen LogP contribution is -2.51. The van der Waals surface area contributed by atoms with Gasteiger partial charge in [-0.1, -0.05) is 13.8 Å². The van der Waals surface area contributed by atoms with Crippen molar-refractivity contribution in [1.29, 1.82) is 0 Å². The number of rotatable bonds is 3. The zero-order valence-electron chi connectivity index (χ0n) is 15.0. The molecular weight excluding hydrogens is 314 g/mol. The van der Waals surface area contributed by atoms with Gasteiger partial charge in [0, 0.05) is 6.04 Å². The number of amides is 1. The first-order valence-electron chi connectivity index (χ1n) is 8.48. The van der Waals surface area contributed by atoms with Crippen molar-refractivity contribution in [3.8, 4) is 0 Å². The van der Waals surface area contributed by atoms with Crippen molar-refractivity contribution in [2.45, 2.75) is 71.6 Å². The number of esters is 1. The number of fused-ring (bicyclic) bond motifs is 2. The number of hydrogen-bond acceptors (Lipinski definition) is 6. The highest BCUT2D eigenvalue weighted by molar-refractivity contribution is 5.89. The van der Waals surface area contributed by atoms with Crippen molar-refractivity contribution >= 4 is 18.2 Å². The number of carbonyl (C=O) groups excluding carboxylic acids is 3. The Balaban J connectivity index is 2.02. The Labute approximate surface area is 142 Å². The smallest absolute Gasteiger partial charge is 0.444 e. The molecule has 0 aromatic carbocycles. The molecule has 2 aliphatic rings. The Bertz CT molecular complexity index is 510. The van der Waals surface area contributed by atoms with E-state index < -0.39 is 29.9 Å². The van der Waals surface area contributed by atoms with Gasteiger partial charge in [-0.15, -0.1) is 0 Å². The van der Waals surface area contributed by atoms with Crippen LogP contribution < -0.4 is 0 Å². The Morgan fingerprint density at radius 2 is 1.83 bits per heavy atom. The van der Waals surface area contributed by atoms with E-state index in [1.165, 1.54) is 4.90 Å². The Morgan fingerprint density at radius 3 is 2.42 bits per heavy atom. The van der Waals surface area contributed by atoms with Gasteiger partial charge >= 0.3 is 18.2 Å². The molecular formula is C17H27NO6. The average molecular weight is 341 g/mol. The summed E-state index contributed by atoms with van der Waals surface area (Å²) >= 11 is 0. The van der Waals surface area contributed by atoms with Gasteiger partial charge in [-0.25, -0.2) is 14.4 Å². The van der Waals surface area contributed by atoms with E-state index in [2.05, 4.69) is 0 Å². The number of ether oxygens (including phenoxy) is 3. The minimum absolute atomic E-state index is 0.00733. The van der Waals surface area contributed by atoms with Crippen LogP contribution in [0.25, 0.3) is 0 Å². The monoisotopic (exact) mass is 341 g/mol. The van der Waals surface area contributed by atoms with Crippen molar-refractivity contribution < 1.29 is 28.6 Å². The van der Waals surface area contributed by atoms with Crippen molar-refractivity contribution in [3.05, 3.63) is 0 Å². The van der Waals surface area contributed by atoms with Gasteiger partial charge in [0.2, 0.25) is 0 Å². The minimum Gasteiger partial charge on any atom is -0.444 e. The van der Waals surface area contributed by atoms with Crippen molar-refractivity contribution in [2.24, 2.45) is 11.8 Å². The largest absolute Gasteiger partial charge is 0.516 e. The van der Waals surface area contributed by atoms with Gasteiger partial charge in [0.25, 0.3) is 0 Å². The van der Waals surface area contributed by atoms with Gasteiger partial charge < -0.3 is 14.2 Å². The molecule has 2 rings (SSSR count). The zero-order chi connectivity index (χ0) is 18.1. The summed E-state index contributed by atoms with van der Waals surface area (Å²) in [5, 5.41) is 0. The Hall–Kier alpha value is -1.79. The van der Waals surface area contributed by atoms with E-state index in [1.807, 2.05) is 13.8 Å². The molecule has 0 spiro atoms. The third kappa shape index (κ3) is 4.39. The van der Waals surface area contributed by atoms with E-state index >= 15 is 0 Å². The van der Waals surface area contributed by atoms with Crippen LogP contribution in [0.5, 0.6) is 0 Å². The average Bonchev–Trinajstić information content (AvgIpc) is 3.03. The van der Waals surface area contributed by atoms with Gasteiger partial charge in [-0.3, -0.25) is 4.90 Å². The number of likely N-dealkylation sites (tertiary alicyclic amines) is 1. The molecule has 3 atom stereocenters. The molecule has 1 saturated heterocycles. The molecule has 7 nitrogen and oxygen atoms in total. The third-order valence-electron chi connectivity index (χ3n) is 4.15. The lowest BCUT2D eigenvalue weighted by molar-refractivity contribution is -0.147. The third-order valence-corrected chi connectivity index (χ3v) is 4.15. The van der Waals surface area contributed by atoms with Gasteiger partial charge in [-0.05, 0) is 51.9 Å². The van der Waals surface area contributed by atoms with E-state index in [0.717, 1.165) is 19.3 Å². The van der Waals surface area contributed by atoms with Crippen LogP contribution >= 0.6 is 0 Å². The van der Waals surface area contributed by atoms with E-state index in [-0.39, 0.29) is 24.5 Å². The van der Waals surface area contributed by atoms with Crippen LogP contribution in [0, 0.1) is 11.8 Å². The number of nitrogens with zero attached hydrogens (tertiary/aromatic N) is 1. The standard InChI is InChI=1S/C17H27NO6/c1-10(2)9-22-16(21)23-14(19)13-11-6-7-12(8-11)18(13)15(20)24-17(3,4)5/h10-13H,6-9H2,1-5H3/t11-,12+,13-/m0/s1. The van der Waals surface area contributed by atoms with E-state index in [9.17, 15) is 14.4 Å². The summed E-state index contributed by atoms with van der Waals surface area (Å²) in [6.07, 6.45) is 0.865. The predicted molar refractivity (Wildman–Crippen MR) is 85.3 cm³/mol. The number of hydrogen-bond donors (Lipinski definition) is 0. The van der Waals surface area contributed by atoms with Gasteiger partial charge in [0.15, 0.2) is 0 Å². The molecule has 1 aliphatic heterocycles. The first-order valence-corrected chi connectivity index (χ1v) is 8.48. The maximum atomic E-state index is 12.4. The van der Waals surface area contributed by atoms with E-state index in [0.29, 0.717) is 0 Å². The summed E-state index contributed by atoms with van der Waals surface area (Å²) in [4.78, 5) is 37.9. The fourth-order valence-electron chi connectivity index (χ4n) is 3.28. The van der Waals surface area contributed by atoms with Crippen LogP contribution in [0.3, 0.4) is 0 Å². The fraction of sp³-hybridized carbons (Fsp3) is 0.824. The predicted octanol–water partition coefficient (Wildman–Crippen LogP) is 3.11. The van der Waals surface area contributed by atoms with E-state index in [1.54, 1.807) is 20.8 Å². The zero-order valence-corrected chi connectivity index (χ0v) is 15.0. The molecule has 2 bridgehead atoms. The van der Waals surface area contributed by atoms with Crippen LogP contribution in [0.2, 0.25) is 0 Å². The van der Waals surface area contributed by atoms with Crippen LogP contribution in [0.15, 0.2) is 0 Å². The topological polar surface area (TPSA) is 82.1 Å². The van der Waals surface area contributed by atoms with Crippen molar-refractivity contribution in [2.75, 3.05) is 6.61 Å². The molecule has 0 unspecified atom stereocenters. The fourth-order valence-corrected chi connectivity index (χ4v) is 3.28. The first-order chi connectivity index (χ1) is 11.1. The molecule has 1 heterocycles. The summed E-state index contributed by atoms with van der Waals surface area (Å²) in [6.45, 7) is 9.27. The summed E-state index contributed by atoms with van der Waals surface area (Å²) in [5.74, 6) is -0.580. The molecule has 0 N–H and O–H groups in total. The molecule has 1 amide bonds. The van der Waals surface area contributed by atoms with Crippen molar-refractivity contribution in [1.82, 2.24) is 4.90 Å². The summed E-state index contributed by atoms with van der Waals surface area (Å²) < 4.78 is 15.1. The highest BCUT2D eigenvalue weighted by Crippen LogP contribution is 2.43. The second kappa shape index (κ2) is 6.99. The van der Waals surface area contributed by atoms with Gasteiger partial charge in [0.1, 0.15) is 11.6 Å². The normalized spacial score (nSPS) is 25.8. The summed E-state index contributed by atoms with van der Waals surface area (Å²) in [7, 11) is 0. The molecule has 1 aliphatic carbocycles. The molecule has 0 aromatic rings. The quantitative estimate of drug-likeness (QED) is 0.579. The maximum absolute atomic E-state index is 12.4. The minimum atomic E-state index is -1.01. The highest BCUT2D eigenvalue weighted by Gasteiger charge is 2.53. The van der Waals surface area contributed by atoms with Crippen LogP contribution in [0.4, 0.5) is 9.59 Å². The lowest BCUT2D eigenvalue weighted by atomic mass is 9.99. The maximum Gasteiger partial charge on any atom is 0.516 e. The van der Waals surface area contributed by atoms with Crippen LogP contribution in [-0.4, -0.2) is 47.4 Å². The second-order valence-electron chi connectivity index (χ2n) is 7.94. The number of carbonyl (C=O) groups is 3. The molecule has 2 fully saturated rings. The van der Waals surface area contributed by atoms with Crippen LogP contribution in [0.1, 0.15) is 53.9 Å².